The average Bonchev–Trinajstić information content (AvgIpc) is 2.37. The maximum absolute atomic E-state index is 9.36. The van der Waals surface area contributed by atoms with Gasteiger partial charge in [0, 0.05) is 31.3 Å². The van der Waals surface area contributed by atoms with E-state index in [0.717, 1.165) is 6.54 Å². The summed E-state index contributed by atoms with van der Waals surface area (Å²) < 4.78 is 0. The van der Waals surface area contributed by atoms with E-state index in [-0.39, 0.29) is 12.0 Å². The Kier molecular flexibility index (Phi) is 3.96. The first kappa shape index (κ1) is 13.4. The van der Waals surface area contributed by atoms with E-state index in [9.17, 15) is 5.11 Å². The van der Waals surface area contributed by atoms with Crippen LogP contribution >= 0.6 is 0 Å². The minimum Gasteiger partial charge on any atom is -0.396 e. The van der Waals surface area contributed by atoms with Crippen LogP contribution in [0.1, 0.15) is 37.8 Å². The molecule has 0 heterocycles. The quantitative estimate of drug-likeness (QED) is 0.884. The standard InChI is InChI=1S/C16H25NO/c1-16(2,12-18)11-17(3)15-9-8-13-6-4-5-7-14(13)10-15/h8-10,18H,4-7,11-12H2,1-3H3. The SMILES string of the molecule is CN(CC(C)(C)CO)c1ccc2c(c1)CCCC2. The zero-order valence-electron chi connectivity index (χ0n) is 11.9. The number of anilines is 1. The van der Waals surface area contributed by atoms with Crippen LogP contribution in [0.4, 0.5) is 5.69 Å². The van der Waals surface area contributed by atoms with Gasteiger partial charge in [0.05, 0.1) is 0 Å². The summed E-state index contributed by atoms with van der Waals surface area (Å²) in [6, 6.07) is 6.84. The zero-order valence-corrected chi connectivity index (χ0v) is 11.9. The van der Waals surface area contributed by atoms with Crippen LogP contribution in [-0.4, -0.2) is 25.3 Å². The number of hydrogen-bond donors (Lipinski definition) is 1. The van der Waals surface area contributed by atoms with E-state index < -0.39 is 0 Å². The number of aryl methyl sites for hydroxylation is 2. The largest absolute Gasteiger partial charge is 0.396 e. The van der Waals surface area contributed by atoms with Gasteiger partial charge < -0.3 is 10.0 Å². The molecule has 1 aromatic rings. The zero-order chi connectivity index (χ0) is 13.2. The van der Waals surface area contributed by atoms with E-state index in [2.05, 4.69) is 44.0 Å². The van der Waals surface area contributed by atoms with Gasteiger partial charge in [-0.2, -0.15) is 0 Å². The summed E-state index contributed by atoms with van der Waals surface area (Å²) in [5, 5.41) is 9.36. The first-order valence-corrected chi connectivity index (χ1v) is 6.96. The number of hydrogen-bond acceptors (Lipinski definition) is 2. The van der Waals surface area contributed by atoms with Crippen molar-refractivity contribution in [2.75, 3.05) is 25.1 Å². The van der Waals surface area contributed by atoms with Crippen molar-refractivity contribution in [3.8, 4) is 0 Å². The third-order valence-corrected chi connectivity index (χ3v) is 3.87. The van der Waals surface area contributed by atoms with Crippen molar-refractivity contribution in [2.45, 2.75) is 39.5 Å². The van der Waals surface area contributed by atoms with Gasteiger partial charge in [0.2, 0.25) is 0 Å². The molecule has 0 aromatic heterocycles. The Morgan fingerprint density at radius 3 is 2.50 bits per heavy atom. The first-order chi connectivity index (χ1) is 8.52. The third kappa shape index (κ3) is 3.05. The molecule has 0 unspecified atom stereocenters. The second-order valence-corrected chi connectivity index (χ2v) is 6.34. The lowest BCUT2D eigenvalue weighted by Gasteiger charge is -2.30. The highest BCUT2D eigenvalue weighted by Gasteiger charge is 2.20. The van der Waals surface area contributed by atoms with Crippen LogP contribution in [0.25, 0.3) is 0 Å². The molecule has 1 aliphatic carbocycles. The monoisotopic (exact) mass is 247 g/mol. The van der Waals surface area contributed by atoms with E-state index >= 15 is 0 Å². The highest BCUT2D eigenvalue weighted by molar-refractivity contribution is 5.51. The second-order valence-electron chi connectivity index (χ2n) is 6.34. The molecule has 0 saturated heterocycles. The van der Waals surface area contributed by atoms with Crippen molar-refractivity contribution in [1.29, 1.82) is 0 Å². The summed E-state index contributed by atoms with van der Waals surface area (Å²) >= 11 is 0. The number of benzene rings is 1. The van der Waals surface area contributed by atoms with Gasteiger partial charge in [-0.1, -0.05) is 19.9 Å². The van der Waals surface area contributed by atoms with Gasteiger partial charge in [-0.3, -0.25) is 0 Å². The first-order valence-electron chi connectivity index (χ1n) is 6.96. The van der Waals surface area contributed by atoms with Crippen LogP contribution in [0.2, 0.25) is 0 Å². The molecule has 0 fully saturated rings. The fourth-order valence-electron chi connectivity index (χ4n) is 2.74. The lowest BCUT2D eigenvalue weighted by molar-refractivity contribution is 0.165. The van der Waals surface area contributed by atoms with Crippen LogP contribution in [-0.2, 0) is 12.8 Å². The molecule has 0 bridgehead atoms. The molecule has 1 aliphatic rings. The van der Waals surface area contributed by atoms with E-state index in [4.69, 9.17) is 0 Å². The Balaban J connectivity index is 2.13. The van der Waals surface area contributed by atoms with Crippen molar-refractivity contribution in [3.05, 3.63) is 29.3 Å². The predicted molar refractivity (Wildman–Crippen MR) is 77.2 cm³/mol. The maximum atomic E-state index is 9.36. The van der Waals surface area contributed by atoms with E-state index in [1.807, 2.05) is 0 Å². The van der Waals surface area contributed by atoms with Gasteiger partial charge in [0.1, 0.15) is 0 Å². The number of rotatable bonds is 4. The van der Waals surface area contributed by atoms with Crippen molar-refractivity contribution < 1.29 is 5.11 Å². The fourth-order valence-corrected chi connectivity index (χ4v) is 2.74. The minimum atomic E-state index is -0.0509. The molecule has 1 aromatic carbocycles. The van der Waals surface area contributed by atoms with Gasteiger partial charge in [0.25, 0.3) is 0 Å². The Hall–Kier alpha value is -1.02. The van der Waals surface area contributed by atoms with E-state index in [1.54, 1.807) is 0 Å². The Morgan fingerprint density at radius 1 is 1.17 bits per heavy atom. The van der Waals surface area contributed by atoms with Gasteiger partial charge in [-0.15, -0.1) is 0 Å². The van der Waals surface area contributed by atoms with Gasteiger partial charge >= 0.3 is 0 Å². The molecule has 0 atom stereocenters. The number of aliphatic hydroxyl groups excluding tert-OH is 1. The molecule has 100 valence electrons. The molecule has 0 spiro atoms. The highest BCUT2D eigenvalue weighted by Crippen LogP contribution is 2.27. The molecule has 0 saturated carbocycles. The average molecular weight is 247 g/mol. The Morgan fingerprint density at radius 2 is 1.83 bits per heavy atom. The smallest absolute Gasteiger partial charge is 0.0499 e. The summed E-state index contributed by atoms with van der Waals surface area (Å²) in [5.41, 5.74) is 4.27. The molecular weight excluding hydrogens is 222 g/mol. The number of aliphatic hydroxyl groups is 1. The van der Waals surface area contributed by atoms with Crippen molar-refractivity contribution >= 4 is 5.69 Å². The van der Waals surface area contributed by atoms with Crippen molar-refractivity contribution in [3.63, 3.8) is 0 Å². The lowest BCUT2D eigenvalue weighted by atomic mass is 9.90. The summed E-state index contributed by atoms with van der Waals surface area (Å²) in [7, 11) is 2.11. The predicted octanol–water partition coefficient (Wildman–Crippen LogP) is 3.02. The Bertz CT molecular complexity index is 412. The summed E-state index contributed by atoms with van der Waals surface area (Å²) in [4.78, 5) is 2.26. The summed E-state index contributed by atoms with van der Waals surface area (Å²) in [5.74, 6) is 0. The molecule has 2 rings (SSSR count). The van der Waals surface area contributed by atoms with Crippen LogP contribution in [0.5, 0.6) is 0 Å². The topological polar surface area (TPSA) is 23.5 Å². The lowest BCUT2D eigenvalue weighted by Crippen LogP contribution is -2.34. The maximum Gasteiger partial charge on any atom is 0.0499 e. The van der Waals surface area contributed by atoms with E-state index in [0.29, 0.717) is 0 Å². The van der Waals surface area contributed by atoms with Crippen LogP contribution in [0.3, 0.4) is 0 Å². The minimum absolute atomic E-state index is 0.0509. The third-order valence-electron chi connectivity index (χ3n) is 3.87. The van der Waals surface area contributed by atoms with Crippen LogP contribution in [0.15, 0.2) is 18.2 Å². The summed E-state index contributed by atoms with van der Waals surface area (Å²) in [6.45, 7) is 5.30. The molecule has 1 N–H and O–H groups in total. The number of nitrogens with zero attached hydrogens (tertiary/aromatic N) is 1. The van der Waals surface area contributed by atoms with Crippen LogP contribution < -0.4 is 4.90 Å². The molecule has 0 radical (unpaired) electrons. The fraction of sp³-hybridized carbons (Fsp3) is 0.625. The van der Waals surface area contributed by atoms with Gasteiger partial charge in [-0.25, -0.2) is 0 Å². The number of fused-ring (bicyclic) bond motifs is 1. The van der Waals surface area contributed by atoms with Gasteiger partial charge in [0.15, 0.2) is 0 Å². The molecular formula is C16H25NO. The molecule has 2 heteroatoms. The van der Waals surface area contributed by atoms with Gasteiger partial charge in [-0.05, 0) is 48.9 Å². The van der Waals surface area contributed by atoms with E-state index in [1.165, 1.54) is 42.5 Å². The normalized spacial score (nSPS) is 15.3. The van der Waals surface area contributed by atoms with Crippen LogP contribution in [0, 0.1) is 5.41 Å². The molecule has 2 nitrogen and oxygen atoms in total. The summed E-state index contributed by atoms with van der Waals surface area (Å²) in [6.07, 6.45) is 5.11. The highest BCUT2D eigenvalue weighted by atomic mass is 16.3. The van der Waals surface area contributed by atoms with Crippen molar-refractivity contribution in [2.24, 2.45) is 5.41 Å². The Labute approximate surface area is 111 Å². The molecule has 18 heavy (non-hydrogen) atoms. The molecule has 0 amide bonds. The second kappa shape index (κ2) is 5.31. The molecule has 0 aliphatic heterocycles. The van der Waals surface area contributed by atoms with Crippen molar-refractivity contribution in [1.82, 2.24) is 0 Å².